The second kappa shape index (κ2) is 6.15. The van der Waals surface area contributed by atoms with E-state index in [0.29, 0.717) is 5.75 Å². The summed E-state index contributed by atoms with van der Waals surface area (Å²) in [5, 5.41) is 2.39. The third-order valence-electron chi connectivity index (χ3n) is 2.07. The maximum atomic E-state index is 12.2. The minimum absolute atomic E-state index is 0.0805. The number of carbonyl (C=O) groups is 1. The van der Waals surface area contributed by atoms with E-state index in [1.54, 1.807) is 0 Å². The lowest BCUT2D eigenvalue weighted by atomic mass is 10.2. The Kier molecular flexibility index (Phi) is 4.85. The van der Waals surface area contributed by atoms with Crippen molar-refractivity contribution >= 4 is 11.6 Å². The Labute approximate surface area is 103 Å². The van der Waals surface area contributed by atoms with Gasteiger partial charge in [0.1, 0.15) is 11.5 Å². The first-order chi connectivity index (χ1) is 8.43. The van der Waals surface area contributed by atoms with E-state index < -0.39 is 18.6 Å². The predicted molar refractivity (Wildman–Crippen MR) is 61.9 cm³/mol. The van der Waals surface area contributed by atoms with Crippen LogP contribution in [0.3, 0.4) is 0 Å². The molecule has 0 aliphatic carbocycles. The van der Waals surface area contributed by atoms with E-state index in [9.17, 15) is 13.6 Å². The largest absolute Gasteiger partial charge is 0.497 e. The van der Waals surface area contributed by atoms with Crippen molar-refractivity contribution in [2.24, 2.45) is 5.73 Å². The number of carbonyl (C=O) groups excluding carboxylic acids is 1. The van der Waals surface area contributed by atoms with Crippen LogP contribution in [0.2, 0.25) is 0 Å². The zero-order chi connectivity index (χ0) is 13.7. The van der Waals surface area contributed by atoms with Gasteiger partial charge < -0.3 is 20.5 Å². The molecule has 1 unspecified atom stereocenters. The summed E-state index contributed by atoms with van der Waals surface area (Å²) in [6.45, 7) is -1.51. The van der Waals surface area contributed by atoms with E-state index in [0.717, 1.165) is 0 Å². The third-order valence-corrected chi connectivity index (χ3v) is 2.07. The maximum absolute atomic E-state index is 12.2. The Morgan fingerprint density at radius 3 is 2.61 bits per heavy atom. The van der Waals surface area contributed by atoms with Crippen molar-refractivity contribution < 1.29 is 23.0 Å². The molecule has 0 spiro atoms. The number of nitrogens with one attached hydrogen (secondary N) is 1. The average Bonchev–Trinajstić information content (AvgIpc) is 2.30. The molecule has 18 heavy (non-hydrogen) atoms. The van der Waals surface area contributed by atoms with Crippen LogP contribution >= 0.6 is 0 Å². The minimum Gasteiger partial charge on any atom is -0.497 e. The molecule has 0 saturated carbocycles. The van der Waals surface area contributed by atoms with E-state index in [1.807, 2.05) is 0 Å². The van der Waals surface area contributed by atoms with Crippen molar-refractivity contribution in [2.45, 2.75) is 19.6 Å². The van der Waals surface area contributed by atoms with Crippen LogP contribution in [0.1, 0.15) is 6.92 Å². The highest BCUT2D eigenvalue weighted by molar-refractivity contribution is 5.95. The molecular formula is C11H14F2N2O3. The van der Waals surface area contributed by atoms with Crippen molar-refractivity contribution in [1.82, 2.24) is 0 Å². The quantitative estimate of drug-likeness (QED) is 0.843. The molecule has 1 aromatic carbocycles. The number of nitrogens with two attached hydrogens (primary N) is 1. The molecule has 1 aromatic rings. The molecule has 3 N–H and O–H groups in total. The van der Waals surface area contributed by atoms with Crippen LogP contribution in [-0.2, 0) is 4.79 Å². The van der Waals surface area contributed by atoms with Crippen LogP contribution in [0, 0.1) is 0 Å². The SMILES string of the molecule is COc1ccc(OC(F)F)c(NC(=O)C(C)N)c1. The molecule has 100 valence electrons. The Bertz CT molecular complexity index is 425. The fraction of sp³-hybridized carbons (Fsp3) is 0.364. The average molecular weight is 260 g/mol. The van der Waals surface area contributed by atoms with Crippen molar-refractivity contribution in [3.63, 3.8) is 0 Å². The monoisotopic (exact) mass is 260 g/mol. The van der Waals surface area contributed by atoms with Crippen molar-refractivity contribution in [3.8, 4) is 11.5 Å². The molecule has 0 heterocycles. The smallest absolute Gasteiger partial charge is 0.387 e. The Morgan fingerprint density at radius 1 is 1.44 bits per heavy atom. The molecule has 0 aliphatic rings. The van der Waals surface area contributed by atoms with Gasteiger partial charge in [0.2, 0.25) is 5.91 Å². The molecular weight excluding hydrogens is 246 g/mol. The number of rotatable bonds is 5. The molecule has 0 saturated heterocycles. The predicted octanol–water partition coefficient (Wildman–Crippen LogP) is 1.58. The standard InChI is InChI=1S/C11H14F2N2O3/c1-6(14)10(16)15-8-5-7(17-2)3-4-9(8)18-11(12)13/h3-6,11H,14H2,1-2H3,(H,15,16). The van der Waals surface area contributed by atoms with Gasteiger partial charge in [-0.3, -0.25) is 4.79 Å². The Balaban J connectivity index is 2.99. The molecule has 1 amide bonds. The first kappa shape index (κ1) is 14.2. The number of methoxy groups -OCH3 is 1. The normalized spacial score (nSPS) is 12.1. The van der Waals surface area contributed by atoms with Gasteiger partial charge in [-0.15, -0.1) is 0 Å². The zero-order valence-corrected chi connectivity index (χ0v) is 9.94. The highest BCUT2D eigenvalue weighted by Gasteiger charge is 2.15. The van der Waals surface area contributed by atoms with Gasteiger partial charge in [-0.25, -0.2) is 0 Å². The molecule has 0 aromatic heterocycles. The van der Waals surface area contributed by atoms with Gasteiger partial charge >= 0.3 is 6.61 Å². The van der Waals surface area contributed by atoms with Crippen LogP contribution in [0.25, 0.3) is 0 Å². The van der Waals surface area contributed by atoms with Gasteiger partial charge in [0.25, 0.3) is 0 Å². The van der Waals surface area contributed by atoms with Gasteiger partial charge in [-0.05, 0) is 19.1 Å². The van der Waals surface area contributed by atoms with Gasteiger partial charge in [0.05, 0.1) is 18.8 Å². The summed E-state index contributed by atoms with van der Waals surface area (Å²) in [6.07, 6.45) is 0. The molecule has 5 nitrogen and oxygen atoms in total. The molecule has 7 heteroatoms. The first-order valence-electron chi connectivity index (χ1n) is 5.13. The van der Waals surface area contributed by atoms with E-state index in [4.69, 9.17) is 10.5 Å². The summed E-state index contributed by atoms with van der Waals surface area (Å²) < 4.78 is 33.6. The third kappa shape index (κ3) is 3.85. The van der Waals surface area contributed by atoms with Crippen molar-refractivity contribution in [2.75, 3.05) is 12.4 Å². The van der Waals surface area contributed by atoms with Gasteiger partial charge in [0.15, 0.2) is 0 Å². The number of alkyl halides is 2. The Morgan fingerprint density at radius 2 is 2.11 bits per heavy atom. The summed E-state index contributed by atoms with van der Waals surface area (Å²) in [5.41, 5.74) is 5.45. The van der Waals surface area contributed by atoms with Crippen molar-refractivity contribution in [1.29, 1.82) is 0 Å². The van der Waals surface area contributed by atoms with Crippen molar-refractivity contribution in [3.05, 3.63) is 18.2 Å². The van der Waals surface area contributed by atoms with E-state index in [1.165, 1.54) is 32.2 Å². The van der Waals surface area contributed by atoms with E-state index in [-0.39, 0.29) is 11.4 Å². The van der Waals surface area contributed by atoms with Gasteiger partial charge in [-0.2, -0.15) is 8.78 Å². The highest BCUT2D eigenvalue weighted by Crippen LogP contribution is 2.30. The summed E-state index contributed by atoms with van der Waals surface area (Å²) in [5.74, 6) is -0.265. The van der Waals surface area contributed by atoms with E-state index >= 15 is 0 Å². The number of hydrogen-bond donors (Lipinski definition) is 2. The van der Waals surface area contributed by atoms with Gasteiger partial charge in [0, 0.05) is 6.07 Å². The summed E-state index contributed by atoms with van der Waals surface area (Å²) in [6, 6.07) is 3.33. The highest BCUT2D eigenvalue weighted by atomic mass is 19.3. The second-order valence-corrected chi connectivity index (χ2v) is 3.52. The van der Waals surface area contributed by atoms with Crippen LogP contribution in [0.4, 0.5) is 14.5 Å². The number of ether oxygens (including phenoxy) is 2. The summed E-state index contributed by atoms with van der Waals surface area (Å²) in [7, 11) is 1.42. The van der Waals surface area contributed by atoms with Crippen LogP contribution < -0.4 is 20.5 Å². The molecule has 0 aliphatic heterocycles. The maximum Gasteiger partial charge on any atom is 0.387 e. The Hall–Kier alpha value is -1.89. The van der Waals surface area contributed by atoms with Crippen LogP contribution in [-0.4, -0.2) is 25.7 Å². The van der Waals surface area contributed by atoms with Gasteiger partial charge in [-0.1, -0.05) is 0 Å². The number of anilines is 1. The number of benzene rings is 1. The number of amides is 1. The second-order valence-electron chi connectivity index (χ2n) is 3.52. The number of halogens is 2. The summed E-state index contributed by atoms with van der Waals surface area (Å²) in [4.78, 5) is 11.4. The lowest BCUT2D eigenvalue weighted by Crippen LogP contribution is -2.32. The zero-order valence-electron chi connectivity index (χ0n) is 9.94. The fourth-order valence-electron chi connectivity index (χ4n) is 1.18. The molecule has 0 radical (unpaired) electrons. The fourth-order valence-corrected chi connectivity index (χ4v) is 1.18. The van der Waals surface area contributed by atoms with Crippen LogP contribution in [0.5, 0.6) is 11.5 Å². The molecule has 1 rings (SSSR count). The summed E-state index contributed by atoms with van der Waals surface area (Å²) >= 11 is 0. The lowest BCUT2D eigenvalue weighted by Gasteiger charge is -2.14. The van der Waals surface area contributed by atoms with E-state index in [2.05, 4.69) is 10.1 Å². The molecule has 0 fully saturated rings. The molecule has 1 atom stereocenters. The lowest BCUT2D eigenvalue weighted by molar-refractivity contribution is -0.117. The first-order valence-corrected chi connectivity index (χ1v) is 5.13. The minimum atomic E-state index is -2.98. The topological polar surface area (TPSA) is 73.6 Å². The van der Waals surface area contributed by atoms with Crippen LogP contribution in [0.15, 0.2) is 18.2 Å². The molecule has 0 bridgehead atoms. The number of hydrogen-bond acceptors (Lipinski definition) is 4.